The lowest BCUT2D eigenvalue weighted by atomic mass is 10.0. The maximum absolute atomic E-state index is 12.4. The van der Waals surface area contributed by atoms with Crippen LogP contribution in [0.1, 0.15) is 354 Å². The molecule has 1 N–H and O–H groups in total. The third-order valence-corrected chi connectivity index (χ3v) is 15.3. The highest BCUT2D eigenvalue weighted by molar-refractivity contribution is 5.70. The first-order chi connectivity index (χ1) is 38.1. The third-order valence-electron chi connectivity index (χ3n) is 15.3. The van der Waals surface area contributed by atoms with Crippen LogP contribution in [-0.2, 0) is 19.1 Å². The second-order valence-electron chi connectivity index (χ2n) is 22.9. The van der Waals surface area contributed by atoms with E-state index in [9.17, 15) is 14.7 Å². The minimum atomic E-state index is -0.776. The summed E-state index contributed by atoms with van der Waals surface area (Å²) in [5.41, 5.74) is 0. The van der Waals surface area contributed by atoms with Crippen LogP contribution in [0.4, 0.5) is 0 Å². The molecule has 0 rings (SSSR count). The van der Waals surface area contributed by atoms with Gasteiger partial charge in [0.15, 0.2) is 6.10 Å². The standard InChI is InChI=1S/C72H130O5/c1-3-5-7-9-11-13-15-17-19-21-23-25-27-29-31-33-35-37-38-40-42-44-46-48-50-52-54-56-58-60-62-64-66-71(74)76-69-70(68-73)77-72(75)67-65-63-61-59-57-55-53-51-49-47-45-43-41-39-36-34-32-30-28-26-24-22-20-18-16-14-12-10-8-6-4-2/h6,8,12,14,18,20,24,26,30,32,36,39,70,73H,3-5,7,9-11,13,15-17,19,21-23,25,27-29,31,33-35,37-38,40-69H2,1-2H3/b8-6-,14-12-,20-18-,26-24-,32-30-,39-36-. The van der Waals surface area contributed by atoms with Crippen molar-refractivity contribution < 1.29 is 24.2 Å². The van der Waals surface area contributed by atoms with Crippen molar-refractivity contribution in [2.75, 3.05) is 13.2 Å². The minimum Gasteiger partial charge on any atom is -0.462 e. The molecule has 0 aromatic carbocycles. The van der Waals surface area contributed by atoms with Gasteiger partial charge in [0.05, 0.1) is 6.61 Å². The lowest BCUT2D eigenvalue weighted by Crippen LogP contribution is -2.28. The summed E-state index contributed by atoms with van der Waals surface area (Å²) in [7, 11) is 0. The Balaban J connectivity index is 3.43. The summed E-state index contributed by atoms with van der Waals surface area (Å²) in [5.74, 6) is -0.577. The summed E-state index contributed by atoms with van der Waals surface area (Å²) >= 11 is 0. The number of carbonyl (C=O) groups excluding carboxylic acids is 2. The quantitative estimate of drug-likeness (QED) is 0.0373. The Morgan fingerprint density at radius 1 is 0.312 bits per heavy atom. The Hall–Kier alpha value is -2.66. The predicted octanol–water partition coefficient (Wildman–Crippen LogP) is 23.5. The van der Waals surface area contributed by atoms with Crippen LogP contribution >= 0.6 is 0 Å². The van der Waals surface area contributed by atoms with E-state index in [1.165, 1.54) is 250 Å². The van der Waals surface area contributed by atoms with Gasteiger partial charge < -0.3 is 14.6 Å². The van der Waals surface area contributed by atoms with Crippen LogP contribution in [0, 0.1) is 0 Å². The van der Waals surface area contributed by atoms with E-state index in [0.717, 1.165) is 77.0 Å². The number of unbranched alkanes of at least 4 members (excludes halogenated alkanes) is 43. The van der Waals surface area contributed by atoms with E-state index in [0.29, 0.717) is 12.8 Å². The Morgan fingerprint density at radius 3 is 0.844 bits per heavy atom. The number of aliphatic hydroxyl groups is 1. The largest absolute Gasteiger partial charge is 0.462 e. The van der Waals surface area contributed by atoms with Crippen LogP contribution in [0.3, 0.4) is 0 Å². The zero-order valence-corrected chi connectivity index (χ0v) is 51.5. The summed E-state index contributed by atoms with van der Waals surface area (Å²) in [4.78, 5) is 24.6. The van der Waals surface area contributed by atoms with Crippen LogP contribution < -0.4 is 0 Å². The molecule has 77 heavy (non-hydrogen) atoms. The van der Waals surface area contributed by atoms with E-state index in [4.69, 9.17) is 9.47 Å². The zero-order valence-electron chi connectivity index (χ0n) is 51.5. The van der Waals surface area contributed by atoms with Crippen molar-refractivity contribution in [3.63, 3.8) is 0 Å². The molecule has 0 aliphatic carbocycles. The fraction of sp³-hybridized carbons (Fsp3) is 0.806. The smallest absolute Gasteiger partial charge is 0.306 e. The third kappa shape index (κ3) is 65.8. The number of hydrogen-bond acceptors (Lipinski definition) is 5. The van der Waals surface area contributed by atoms with Crippen molar-refractivity contribution in [3.8, 4) is 0 Å². The number of ether oxygens (including phenoxy) is 2. The second kappa shape index (κ2) is 67.6. The molecule has 0 bridgehead atoms. The highest BCUT2D eigenvalue weighted by Crippen LogP contribution is 2.18. The van der Waals surface area contributed by atoms with Gasteiger partial charge in [0.2, 0.25) is 0 Å². The predicted molar refractivity (Wildman–Crippen MR) is 339 cm³/mol. The molecule has 1 atom stereocenters. The summed E-state index contributed by atoms with van der Waals surface area (Å²) < 4.78 is 10.8. The van der Waals surface area contributed by atoms with Gasteiger partial charge in [0.1, 0.15) is 6.61 Å². The monoisotopic (exact) mass is 1070 g/mol. The van der Waals surface area contributed by atoms with Gasteiger partial charge in [-0.3, -0.25) is 9.59 Å². The van der Waals surface area contributed by atoms with Crippen LogP contribution in [0.2, 0.25) is 0 Å². The van der Waals surface area contributed by atoms with Crippen molar-refractivity contribution >= 4 is 11.9 Å². The molecule has 0 saturated carbocycles. The highest BCUT2D eigenvalue weighted by Gasteiger charge is 2.16. The fourth-order valence-corrected chi connectivity index (χ4v) is 10.2. The summed E-state index contributed by atoms with van der Waals surface area (Å²) in [5, 5.41) is 9.70. The topological polar surface area (TPSA) is 72.8 Å². The molecular weight excluding hydrogens is 945 g/mol. The molecule has 5 heteroatoms. The van der Waals surface area contributed by atoms with Crippen LogP contribution in [0.25, 0.3) is 0 Å². The maximum atomic E-state index is 12.4. The first kappa shape index (κ1) is 74.3. The molecule has 0 aromatic heterocycles. The Bertz CT molecular complexity index is 1360. The Morgan fingerprint density at radius 2 is 0.558 bits per heavy atom. The summed E-state index contributed by atoms with van der Waals surface area (Å²) in [6, 6.07) is 0. The molecule has 0 radical (unpaired) electrons. The Labute approximate surface area is 480 Å². The molecule has 0 spiro atoms. The van der Waals surface area contributed by atoms with Gasteiger partial charge in [-0.2, -0.15) is 0 Å². The number of allylic oxidation sites excluding steroid dienone is 12. The van der Waals surface area contributed by atoms with Gasteiger partial charge in [-0.1, -0.05) is 350 Å². The Kier molecular flexibility index (Phi) is 65.3. The van der Waals surface area contributed by atoms with E-state index >= 15 is 0 Å². The van der Waals surface area contributed by atoms with E-state index in [2.05, 4.69) is 86.8 Å². The number of rotatable bonds is 63. The lowest BCUT2D eigenvalue weighted by Gasteiger charge is -2.15. The molecule has 448 valence electrons. The first-order valence-corrected chi connectivity index (χ1v) is 34.0. The average molecular weight is 1080 g/mol. The van der Waals surface area contributed by atoms with Gasteiger partial charge in [-0.15, -0.1) is 0 Å². The van der Waals surface area contributed by atoms with Crippen molar-refractivity contribution in [2.24, 2.45) is 0 Å². The summed E-state index contributed by atoms with van der Waals surface area (Å²) in [6.45, 7) is 4.07. The van der Waals surface area contributed by atoms with E-state index in [-0.39, 0.29) is 25.2 Å². The molecule has 5 nitrogen and oxygen atoms in total. The number of hydrogen-bond donors (Lipinski definition) is 1. The molecule has 0 amide bonds. The maximum Gasteiger partial charge on any atom is 0.306 e. The van der Waals surface area contributed by atoms with Crippen molar-refractivity contribution in [2.45, 2.75) is 360 Å². The highest BCUT2D eigenvalue weighted by atomic mass is 16.6. The first-order valence-electron chi connectivity index (χ1n) is 34.0. The lowest BCUT2D eigenvalue weighted by molar-refractivity contribution is -0.161. The second-order valence-corrected chi connectivity index (χ2v) is 22.9. The molecule has 0 fully saturated rings. The minimum absolute atomic E-state index is 0.0645. The van der Waals surface area contributed by atoms with Gasteiger partial charge in [0.25, 0.3) is 0 Å². The van der Waals surface area contributed by atoms with E-state index in [1.54, 1.807) is 0 Å². The molecule has 0 saturated heterocycles. The zero-order chi connectivity index (χ0) is 55.5. The SMILES string of the molecule is CC/C=C\C/C=C\C/C=C\C/C=C\C/C=C\C/C=C\CCCCCCCCCCCCCCC(=O)OC(CO)COC(=O)CCCCCCCCCCCCCCCCCCCCCCCCCCCCCCCCCC. The van der Waals surface area contributed by atoms with Crippen molar-refractivity contribution in [1.82, 2.24) is 0 Å². The van der Waals surface area contributed by atoms with Crippen molar-refractivity contribution in [1.29, 1.82) is 0 Å². The molecule has 0 heterocycles. The average Bonchev–Trinajstić information content (AvgIpc) is 3.43. The number of carbonyl (C=O) groups is 2. The van der Waals surface area contributed by atoms with Gasteiger partial charge in [-0.25, -0.2) is 0 Å². The van der Waals surface area contributed by atoms with Crippen LogP contribution in [0.5, 0.6) is 0 Å². The molecule has 0 aliphatic rings. The molecular formula is C72H130O5. The number of aliphatic hydroxyl groups excluding tert-OH is 1. The summed E-state index contributed by atoms with van der Waals surface area (Å²) in [6.07, 6.45) is 93.6. The number of esters is 2. The van der Waals surface area contributed by atoms with Crippen molar-refractivity contribution in [3.05, 3.63) is 72.9 Å². The van der Waals surface area contributed by atoms with Gasteiger partial charge >= 0.3 is 11.9 Å². The van der Waals surface area contributed by atoms with Crippen LogP contribution in [-0.4, -0.2) is 36.4 Å². The molecule has 0 aromatic rings. The molecule has 0 aliphatic heterocycles. The normalized spacial score (nSPS) is 12.6. The molecule has 1 unspecified atom stereocenters. The van der Waals surface area contributed by atoms with E-state index < -0.39 is 6.10 Å². The van der Waals surface area contributed by atoms with Gasteiger partial charge in [0, 0.05) is 12.8 Å². The van der Waals surface area contributed by atoms with E-state index in [1.807, 2.05) is 0 Å². The van der Waals surface area contributed by atoms with Gasteiger partial charge in [-0.05, 0) is 64.2 Å². The van der Waals surface area contributed by atoms with Crippen LogP contribution in [0.15, 0.2) is 72.9 Å². The fourth-order valence-electron chi connectivity index (χ4n) is 10.2.